The molecule has 0 radical (unpaired) electrons. The summed E-state index contributed by atoms with van der Waals surface area (Å²) in [5.74, 6) is -0.446. The molecule has 134 valence electrons. The van der Waals surface area contributed by atoms with Crippen LogP contribution in [0.2, 0.25) is 0 Å². The Bertz CT molecular complexity index is 979. The molecule has 0 aliphatic heterocycles. The second kappa shape index (κ2) is 5.43. The van der Waals surface area contributed by atoms with E-state index in [1.165, 1.54) is 24.3 Å². The highest BCUT2D eigenvalue weighted by Gasteiger charge is 2.31. The fraction of sp³-hybridized carbons (Fsp3) is 0.143. The lowest BCUT2D eigenvalue weighted by Gasteiger charge is -2.40. The van der Waals surface area contributed by atoms with Crippen molar-refractivity contribution in [2.45, 2.75) is 11.3 Å². The van der Waals surface area contributed by atoms with Gasteiger partial charge in [-0.25, -0.2) is 4.63 Å². The molecule has 0 saturated heterocycles. The Labute approximate surface area is 139 Å². The Morgan fingerprint density at radius 3 is 2.48 bits per heavy atom. The topological polar surface area (TPSA) is 97.5 Å². The summed E-state index contributed by atoms with van der Waals surface area (Å²) in [6, 6.07) is 8.88. The number of halogens is 3. The van der Waals surface area contributed by atoms with Crippen LogP contribution in [0.4, 0.5) is 18.9 Å². The van der Waals surface area contributed by atoms with Crippen molar-refractivity contribution in [3.8, 4) is 5.75 Å². The molecule has 2 aromatic carbocycles. The molecule has 1 aromatic heterocycles. The van der Waals surface area contributed by atoms with Gasteiger partial charge in [0.1, 0.15) is 16.2 Å². The summed E-state index contributed by atoms with van der Waals surface area (Å²) in [5.41, 5.74) is 0.516. The highest BCUT2D eigenvalue weighted by atomic mass is 32.3. The standard InChI is InChI=1S/C14H12F3N3O4S/c1-25(21,22,12-4-2-3-11-13(12)19-24-18-11)20-9-5-7-10(8-6-9)23-14(15,16)17/h2-8H,1H3,(H2,20,21,22). The van der Waals surface area contributed by atoms with Crippen LogP contribution in [-0.4, -0.2) is 31.7 Å². The molecule has 3 rings (SSSR count). The summed E-state index contributed by atoms with van der Waals surface area (Å²) in [5, 5.41) is 7.23. The van der Waals surface area contributed by atoms with Gasteiger partial charge in [-0.2, -0.15) is 4.21 Å². The van der Waals surface area contributed by atoms with Gasteiger partial charge in [-0.1, -0.05) is 6.07 Å². The van der Waals surface area contributed by atoms with Crippen molar-refractivity contribution in [2.24, 2.45) is 0 Å². The molecule has 0 aliphatic rings. The van der Waals surface area contributed by atoms with Crippen LogP contribution in [0.15, 0.2) is 52.0 Å². The summed E-state index contributed by atoms with van der Waals surface area (Å²) in [6.07, 6.45) is -3.76. The van der Waals surface area contributed by atoms with E-state index in [0.29, 0.717) is 5.52 Å². The van der Waals surface area contributed by atoms with Crippen LogP contribution in [0.25, 0.3) is 11.0 Å². The maximum Gasteiger partial charge on any atom is 0.573 e. The molecule has 0 saturated carbocycles. The number of rotatable bonds is 4. The van der Waals surface area contributed by atoms with E-state index in [4.69, 9.17) is 0 Å². The van der Waals surface area contributed by atoms with E-state index >= 15 is 0 Å². The monoisotopic (exact) mass is 375 g/mol. The first-order chi connectivity index (χ1) is 11.5. The number of ether oxygens (including phenoxy) is 1. The molecule has 0 amide bonds. The molecule has 0 bridgehead atoms. The molecule has 25 heavy (non-hydrogen) atoms. The van der Waals surface area contributed by atoms with Crippen molar-refractivity contribution in [2.75, 3.05) is 11.0 Å². The molecular formula is C14H12F3N3O4S. The van der Waals surface area contributed by atoms with E-state index in [1.54, 1.807) is 6.07 Å². The molecule has 3 aromatic rings. The molecule has 2 N–H and O–H groups in total. The van der Waals surface area contributed by atoms with Gasteiger partial charge >= 0.3 is 6.36 Å². The largest absolute Gasteiger partial charge is 0.573 e. The van der Waals surface area contributed by atoms with Gasteiger partial charge in [0.05, 0.1) is 5.69 Å². The van der Waals surface area contributed by atoms with Crippen LogP contribution in [0.5, 0.6) is 5.75 Å². The summed E-state index contributed by atoms with van der Waals surface area (Å²) in [6.45, 7) is 0. The maximum atomic E-state index is 13.1. The van der Waals surface area contributed by atoms with Gasteiger partial charge in [-0.15, -0.1) is 22.7 Å². The third-order valence-corrected chi connectivity index (χ3v) is 5.30. The summed E-state index contributed by atoms with van der Waals surface area (Å²) in [7, 11) is -4.64. The highest BCUT2D eigenvalue weighted by Crippen LogP contribution is 2.35. The number of anilines is 1. The summed E-state index contributed by atoms with van der Waals surface area (Å²) >= 11 is 0. The van der Waals surface area contributed by atoms with Gasteiger partial charge in [0.2, 0.25) is 0 Å². The SMILES string of the molecule is CS(=O)(O)(Nc1ccc(OC(F)(F)F)cc1)c1cccc2nonc12. The van der Waals surface area contributed by atoms with Gasteiger partial charge in [0.25, 0.3) is 0 Å². The average Bonchev–Trinajstić information content (AvgIpc) is 2.95. The van der Waals surface area contributed by atoms with Crippen LogP contribution >= 0.6 is 0 Å². The quantitative estimate of drug-likeness (QED) is 0.725. The third kappa shape index (κ3) is 3.72. The number of nitrogens with one attached hydrogen (secondary N) is 1. The summed E-state index contributed by atoms with van der Waals surface area (Å²) < 4.78 is 71.1. The number of alkyl halides is 3. The van der Waals surface area contributed by atoms with Crippen LogP contribution in [-0.2, 0) is 9.53 Å². The number of fused-ring (bicyclic) bond motifs is 1. The van der Waals surface area contributed by atoms with Gasteiger partial charge in [0, 0.05) is 6.26 Å². The van der Waals surface area contributed by atoms with Crippen LogP contribution in [0, 0.1) is 0 Å². The summed E-state index contributed by atoms with van der Waals surface area (Å²) in [4.78, 5) is -0.0497. The first-order valence-electron chi connectivity index (χ1n) is 6.77. The predicted molar refractivity (Wildman–Crippen MR) is 83.5 cm³/mol. The normalized spacial score (nSPS) is 14.0. The fourth-order valence-electron chi connectivity index (χ4n) is 2.23. The zero-order valence-electron chi connectivity index (χ0n) is 12.6. The molecule has 0 spiro atoms. The van der Waals surface area contributed by atoms with Crippen molar-refractivity contribution < 1.29 is 31.3 Å². The number of benzene rings is 2. The average molecular weight is 375 g/mol. The molecule has 11 heteroatoms. The molecule has 1 heterocycles. The minimum absolute atomic E-state index is 0.0497. The van der Waals surface area contributed by atoms with E-state index in [-0.39, 0.29) is 16.1 Å². The van der Waals surface area contributed by atoms with Gasteiger partial charge in [0.15, 0.2) is 5.52 Å². The first-order valence-corrected chi connectivity index (χ1v) is 9.10. The number of hydrogen-bond donors (Lipinski definition) is 2. The van der Waals surface area contributed by atoms with E-state index in [9.17, 15) is 21.9 Å². The zero-order valence-corrected chi connectivity index (χ0v) is 13.5. The third-order valence-electron chi connectivity index (χ3n) is 3.21. The van der Waals surface area contributed by atoms with Crippen molar-refractivity contribution >= 4 is 26.3 Å². The second-order valence-electron chi connectivity index (χ2n) is 5.35. The highest BCUT2D eigenvalue weighted by molar-refractivity contribution is 8.15. The second-order valence-corrected chi connectivity index (χ2v) is 8.56. The van der Waals surface area contributed by atoms with Gasteiger partial charge in [-0.05, 0) is 46.7 Å². The molecule has 0 atom stereocenters. The fourth-order valence-corrected chi connectivity index (χ4v) is 4.02. The van der Waals surface area contributed by atoms with Crippen LogP contribution in [0.3, 0.4) is 0 Å². The smallest absolute Gasteiger partial charge is 0.406 e. The minimum atomic E-state index is -4.82. The van der Waals surface area contributed by atoms with E-state index in [2.05, 4.69) is 24.4 Å². The zero-order chi connectivity index (χ0) is 18.3. The predicted octanol–water partition coefficient (Wildman–Crippen LogP) is 3.43. The van der Waals surface area contributed by atoms with Crippen LogP contribution in [0.1, 0.15) is 0 Å². The van der Waals surface area contributed by atoms with E-state index < -0.39 is 21.6 Å². The first kappa shape index (κ1) is 17.2. The molecule has 0 aliphatic carbocycles. The molecule has 7 nitrogen and oxygen atoms in total. The Morgan fingerprint density at radius 1 is 1.16 bits per heavy atom. The van der Waals surface area contributed by atoms with Crippen molar-refractivity contribution in [3.05, 3.63) is 42.5 Å². The number of nitrogens with zero attached hydrogens (tertiary/aromatic N) is 2. The Kier molecular flexibility index (Phi) is 3.73. The molecule has 0 fully saturated rings. The van der Waals surface area contributed by atoms with E-state index in [0.717, 1.165) is 18.4 Å². The maximum absolute atomic E-state index is 13.1. The minimum Gasteiger partial charge on any atom is -0.406 e. The number of hydrogen-bond acceptors (Lipinski definition) is 5. The molecule has 0 unspecified atom stereocenters. The van der Waals surface area contributed by atoms with Crippen LogP contribution < -0.4 is 9.46 Å². The molecular weight excluding hydrogens is 363 g/mol. The lowest BCUT2D eigenvalue weighted by molar-refractivity contribution is -0.274. The Hall–Kier alpha value is -2.66. The van der Waals surface area contributed by atoms with Crippen molar-refractivity contribution in [3.63, 3.8) is 0 Å². The van der Waals surface area contributed by atoms with Gasteiger partial charge < -0.3 is 4.74 Å². The van der Waals surface area contributed by atoms with E-state index in [1.807, 2.05) is 0 Å². The lowest BCUT2D eigenvalue weighted by Crippen LogP contribution is -2.39. The van der Waals surface area contributed by atoms with Crippen molar-refractivity contribution in [1.82, 2.24) is 10.3 Å². The Balaban J connectivity index is 1.92. The number of aromatic nitrogens is 2. The van der Waals surface area contributed by atoms with Gasteiger partial charge in [-0.3, -0.25) is 9.27 Å². The lowest BCUT2D eigenvalue weighted by atomic mass is 10.3. The Morgan fingerprint density at radius 2 is 1.84 bits per heavy atom. The van der Waals surface area contributed by atoms with Crippen molar-refractivity contribution in [1.29, 1.82) is 0 Å².